The van der Waals surface area contributed by atoms with Gasteiger partial charge in [0.05, 0.1) is 6.61 Å². The number of ether oxygens (including phenoxy) is 1. The SMILES string of the molecule is COCc1c(Br)cccc1NC1CCCC(C(C)C)CC1. The molecule has 1 aliphatic carbocycles. The molecule has 1 saturated carbocycles. The van der Waals surface area contributed by atoms with Crippen molar-refractivity contribution < 1.29 is 4.74 Å². The van der Waals surface area contributed by atoms with E-state index < -0.39 is 0 Å². The number of nitrogens with one attached hydrogen (secondary N) is 1. The molecule has 0 saturated heterocycles. The standard InChI is InChI=1S/C18H28BrNO/c1-13(2)14-6-4-7-15(11-10-14)20-18-9-5-8-17(19)16(18)12-21-3/h5,8-9,13-15,20H,4,6-7,10-12H2,1-3H3. The van der Waals surface area contributed by atoms with Crippen molar-refractivity contribution in [2.24, 2.45) is 11.8 Å². The zero-order chi connectivity index (χ0) is 15.2. The molecule has 2 rings (SSSR count). The topological polar surface area (TPSA) is 21.3 Å². The van der Waals surface area contributed by atoms with Crippen LogP contribution in [0.5, 0.6) is 0 Å². The highest BCUT2D eigenvalue weighted by Crippen LogP contribution is 2.32. The van der Waals surface area contributed by atoms with Gasteiger partial charge in [-0.25, -0.2) is 0 Å². The minimum absolute atomic E-state index is 0.596. The molecule has 1 fully saturated rings. The summed E-state index contributed by atoms with van der Waals surface area (Å²) < 4.78 is 6.47. The molecular formula is C18H28BrNO. The molecule has 1 N–H and O–H groups in total. The molecule has 118 valence electrons. The van der Waals surface area contributed by atoms with Gasteiger partial charge in [0.2, 0.25) is 0 Å². The van der Waals surface area contributed by atoms with Crippen molar-refractivity contribution in [3.05, 3.63) is 28.2 Å². The molecule has 2 atom stereocenters. The van der Waals surface area contributed by atoms with E-state index in [0.717, 1.165) is 16.3 Å². The summed E-state index contributed by atoms with van der Waals surface area (Å²) in [6, 6.07) is 6.95. The van der Waals surface area contributed by atoms with Crippen molar-refractivity contribution in [3.8, 4) is 0 Å². The van der Waals surface area contributed by atoms with E-state index in [9.17, 15) is 0 Å². The van der Waals surface area contributed by atoms with E-state index in [2.05, 4.69) is 53.3 Å². The maximum absolute atomic E-state index is 5.34. The Morgan fingerprint density at radius 3 is 2.76 bits per heavy atom. The van der Waals surface area contributed by atoms with Crippen LogP contribution in [0.15, 0.2) is 22.7 Å². The predicted molar refractivity (Wildman–Crippen MR) is 93.7 cm³/mol. The zero-order valence-electron chi connectivity index (χ0n) is 13.5. The molecule has 0 spiro atoms. The Labute approximate surface area is 137 Å². The van der Waals surface area contributed by atoms with Crippen molar-refractivity contribution in [3.63, 3.8) is 0 Å². The Morgan fingerprint density at radius 2 is 2.05 bits per heavy atom. The first kappa shape index (κ1) is 16.8. The molecule has 3 heteroatoms. The summed E-state index contributed by atoms with van der Waals surface area (Å²) in [5.74, 6) is 1.72. The van der Waals surface area contributed by atoms with E-state index in [1.807, 2.05) is 0 Å². The van der Waals surface area contributed by atoms with Crippen LogP contribution in [0.4, 0.5) is 5.69 Å². The van der Waals surface area contributed by atoms with E-state index in [1.54, 1.807) is 7.11 Å². The minimum atomic E-state index is 0.596. The largest absolute Gasteiger partial charge is 0.382 e. The van der Waals surface area contributed by atoms with Crippen molar-refractivity contribution in [1.29, 1.82) is 0 Å². The molecule has 21 heavy (non-hydrogen) atoms. The Morgan fingerprint density at radius 1 is 1.24 bits per heavy atom. The second kappa shape index (κ2) is 8.19. The van der Waals surface area contributed by atoms with Crippen LogP contribution in [0.1, 0.15) is 51.5 Å². The minimum Gasteiger partial charge on any atom is -0.382 e. The van der Waals surface area contributed by atoms with Gasteiger partial charge in [-0.2, -0.15) is 0 Å². The number of methoxy groups -OCH3 is 1. The molecule has 1 aliphatic rings. The Kier molecular flexibility index (Phi) is 6.56. The molecule has 1 aromatic carbocycles. The van der Waals surface area contributed by atoms with E-state index >= 15 is 0 Å². The fraction of sp³-hybridized carbons (Fsp3) is 0.667. The van der Waals surface area contributed by atoms with Crippen LogP contribution < -0.4 is 5.32 Å². The summed E-state index contributed by atoms with van der Waals surface area (Å²) in [6.07, 6.45) is 6.64. The van der Waals surface area contributed by atoms with Gasteiger partial charge in [-0.05, 0) is 43.2 Å². The van der Waals surface area contributed by atoms with Gasteiger partial charge in [0.1, 0.15) is 0 Å². The lowest BCUT2D eigenvalue weighted by molar-refractivity contribution is 0.185. The van der Waals surface area contributed by atoms with Gasteiger partial charge in [-0.15, -0.1) is 0 Å². The lowest BCUT2D eigenvalue weighted by atomic mass is 9.89. The van der Waals surface area contributed by atoms with E-state index in [-0.39, 0.29) is 0 Å². The predicted octanol–water partition coefficient (Wildman–Crippen LogP) is 5.61. The molecule has 0 aromatic heterocycles. The number of rotatable bonds is 5. The smallest absolute Gasteiger partial charge is 0.0744 e. The lowest BCUT2D eigenvalue weighted by Crippen LogP contribution is -2.20. The second-order valence-electron chi connectivity index (χ2n) is 6.55. The van der Waals surface area contributed by atoms with Crippen LogP contribution in [0, 0.1) is 11.8 Å². The fourth-order valence-electron chi connectivity index (χ4n) is 3.35. The number of benzene rings is 1. The van der Waals surface area contributed by atoms with Gasteiger partial charge in [0.25, 0.3) is 0 Å². The maximum Gasteiger partial charge on any atom is 0.0744 e. The monoisotopic (exact) mass is 353 g/mol. The zero-order valence-corrected chi connectivity index (χ0v) is 15.1. The van der Waals surface area contributed by atoms with Crippen LogP contribution in [0.2, 0.25) is 0 Å². The molecule has 0 radical (unpaired) electrons. The number of hydrogen-bond acceptors (Lipinski definition) is 2. The van der Waals surface area contributed by atoms with Crippen LogP contribution in [-0.4, -0.2) is 13.2 Å². The highest BCUT2D eigenvalue weighted by Gasteiger charge is 2.21. The van der Waals surface area contributed by atoms with Gasteiger partial charge >= 0.3 is 0 Å². The van der Waals surface area contributed by atoms with E-state index in [1.165, 1.54) is 43.4 Å². The summed E-state index contributed by atoms with van der Waals surface area (Å²) in [5, 5.41) is 3.76. The normalized spacial score (nSPS) is 23.1. The van der Waals surface area contributed by atoms with Gasteiger partial charge in [0, 0.05) is 28.9 Å². The van der Waals surface area contributed by atoms with Gasteiger partial charge < -0.3 is 10.1 Å². The summed E-state index contributed by atoms with van der Waals surface area (Å²) in [7, 11) is 1.75. The molecule has 0 heterocycles. The van der Waals surface area contributed by atoms with Gasteiger partial charge in [-0.1, -0.05) is 48.7 Å². The average Bonchev–Trinajstić information content (AvgIpc) is 2.68. The number of halogens is 1. The Bertz CT molecular complexity index is 447. The molecule has 0 bridgehead atoms. The van der Waals surface area contributed by atoms with Crippen LogP contribution >= 0.6 is 15.9 Å². The second-order valence-corrected chi connectivity index (χ2v) is 7.41. The first-order chi connectivity index (χ1) is 10.1. The van der Waals surface area contributed by atoms with Crippen molar-refractivity contribution in [2.75, 3.05) is 12.4 Å². The van der Waals surface area contributed by atoms with Crippen molar-refractivity contribution in [2.45, 2.75) is 58.6 Å². The summed E-state index contributed by atoms with van der Waals surface area (Å²) in [4.78, 5) is 0. The van der Waals surface area contributed by atoms with Crippen molar-refractivity contribution >= 4 is 21.6 Å². The Hall–Kier alpha value is -0.540. The number of hydrogen-bond donors (Lipinski definition) is 1. The molecular weight excluding hydrogens is 326 g/mol. The van der Waals surface area contributed by atoms with E-state index in [4.69, 9.17) is 4.74 Å². The lowest BCUT2D eigenvalue weighted by Gasteiger charge is -2.21. The molecule has 2 nitrogen and oxygen atoms in total. The third-order valence-corrected chi connectivity index (χ3v) is 5.47. The quantitative estimate of drug-likeness (QED) is 0.694. The summed E-state index contributed by atoms with van der Waals surface area (Å²) >= 11 is 3.64. The maximum atomic E-state index is 5.34. The van der Waals surface area contributed by atoms with Crippen molar-refractivity contribution in [1.82, 2.24) is 0 Å². The first-order valence-electron chi connectivity index (χ1n) is 8.14. The van der Waals surface area contributed by atoms with Crippen LogP contribution in [-0.2, 0) is 11.3 Å². The average molecular weight is 354 g/mol. The highest BCUT2D eigenvalue weighted by molar-refractivity contribution is 9.10. The first-order valence-corrected chi connectivity index (χ1v) is 8.94. The Balaban J connectivity index is 2.03. The number of anilines is 1. The third kappa shape index (κ3) is 4.72. The molecule has 0 aliphatic heterocycles. The van der Waals surface area contributed by atoms with Crippen LogP contribution in [0.25, 0.3) is 0 Å². The molecule has 2 unspecified atom stereocenters. The molecule has 0 amide bonds. The van der Waals surface area contributed by atoms with Gasteiger partial charge in [-0.3, -0.25) is 0 Å². The fourth-order valence-corrected chi connectivity index (χ4v) is 3.83. The third-order valence-electron chi connectivity index (χ3n) is 4.72. The highest BCUT2D eigenvalue weighted by atomic mass is 79.9. The van der Waals surface area contributed by atoms with E-state index in [0.29, 0.717) is 12.6 Å². The summed E-state index contributed by atoms with van der Waals surface area (Å²) in [5.41, 5.74) is 2.45. The molecule has 1 aromatic rings. The van der Waals surface area contributed by atoms with Crippen LogP contribution in [0.3, 0.4) is 0 Å². The summed E-state index contributed by atoms with van der Waals surface area (Å²) in [6.45, 7) is 5.37. The van der Waals surface area contributed by atoms with Gasteiger partial charge in [0.15, 0.2) is 0 Å².